The highest BCUT2D eigenvalue weighted by atomic mass is 16.3. The van der Waals surface area contributed by atoms with Crippen molar-refractivity contribution >= 4 is 11.3 Å². The molecular weight excluding hydrogens is 316 g/mol. The summed E-state index contributed by atoms with van der Waals surface area (Å²) in [5, 5.41) is 22.9. The van der Waals surface area contributed by atoms with E-state index in [-0.39, 0.29) is 6.61 Å². The smallest absolute Gasteiger partial charge is 0.200 e. The number of aryl methyl sites for hydroxylation is 1. The van der Waals surface area contributed by atoms with Gasteiger partial charge in [-0.3, -0.25) is 4.90 Å². The molecule has 3 fully saturated rings. The van der Waals surface area contributed by atoms with Gasteiger partial charge in [-0.2, -0.15) is 9.61 Å². The minimum absolute atomic E-state index is 0.275. The summed E-state index contributed by atoms with van der Waals surface area (Å²) in [6.07, 6.45) is 6.80. The fourth-order valence-corrected chi connectivity index (χ4v) is 5.52. The Kier molecular flexibility index (Phi) is 3.67. The van der Waals surface area contributed by atoms with Crippen molar-refractivity contribution in [1.29, 1.82) is 0 Å². The zero-order valence-electron chi connectivity index (χ0n) is 14.8. The lowest BCUT2D eigenvalue weighted by Crippen LogP contribution is -2.64. The van der Waals surface area contributed by atoms with Crippen LogP contribution in [0.5, 0.6) is 0 Å². The van der Waals surface area contributed by atoms with Crippen molar-refractivity contribution in [2.24, 2.45) is 11.8 Å². The van der Waals surface area contributed by atoms with Gasteiger partial charge in [0.2, 0.25) is 5.65 Å². The minimum Gasteiger partial charge on any atom is -0.395 e. The van der Waals surface area contributed by atoms with Crippen LogP contribution in [0.4, 0.5) is 5.69 Å². The highest BCUT2D eigenvalue weighted by Gasteiger charge is 2.47. The molecule has 25 heavy (non-hydrogen) atoms. The molecule has 5 heterocycles. The van der Waals surface area contributed by atoms with Crippen molar-refractivity contribution in [3.63, 3.8) is 0 Å². The Morgan fingerprint density at radius 2 is 2.12 bits per heavy atom. The molecule has 5 rings (SSSR count). The van der Waals surface area contributed by atoms with E-state index in [1.165, 1.54) is 25.7 Å². The average molecular weight is 342 g/mol. The van der Waals surface area contributed by atoms with E-state index in [2.05, 4.69) is 31.2 Å². The zero-order chi connectivity index (χ0) is 17.0. The molecule has 0 aromatic carbocycles. The van der Waals surface area contributed by atoms with Gasteiger partial charge in [-0.15, -0.1) is 10.2 Å². The number of piperidine rings is 3. The van der Waals surface area contributed by atoms with Crippen LogP contribution in [-0.4, -0.2) is 68.1 Å². The second-order valence-corrected chi connectivity index (χ2v) is 7.98. The van der Waals surface area contributed by atoms with Crippen LogP contribution in [0, 0.1) is 18.8 Å². The van der Waals surface area contributed by atoms with Gasteiger partial charge in [0, 0.05) is 25.2 Å². The first-order chi connectivity index (χ1) is 12.2. The number of nitrogens with zero attached hydrogens (tertiary/aromatic N) is 6. The lowest BCUT2D eigenvalue weighted by molar-refractivity contribution is -0.0517. The van der Waals surface area contributed by atoms with Crippen LogP contribution >= 0.6 is 0 Å². The first-order valence-corrected chi connectivity index (χ1v) is 9.54. The normalized spacial score (nSPS) is 32.8. The molecule has 7 nitrogen and oxygen atoms in total. The van der Waals surface area contributed by atoms with Crippen molar-refractivity contribution in [3.8, 4) is 0 Å². The molecule has 3 saturated heterocycles. The van der Waals surface area contributed by atoms with Crippen LogP contribution in [0.1, 0.15) is 31.4 Å². The number of rotatable bonds is 2. The fraction of sp³-hybridized carbons (Fsp3) is 0.722. The van der Waals surface area contributed by atoms with E-state index in [1.54, 1.807) is 10.8 Å². The van der Waals surface area contributed by atoms with Gasteiger partial charge in [0.05, 0.1) is 18.0 Å². The molecule has 3 aliphatic rings. The Hall–Kier alpha value is -1.73. The second kappa shape index (κ2) is 5.92. The molecule has 134 valence electrons. The minimum atomic E-state index is 0.275. The summed E-state index contributed by atoms with van der Waals surface area (Å²) in [6.45, 7) is 5.51. The highest BCUT2D eigenvalue weighted by Crippen LogP contribution is 2.42. The number of aliphatic hydroxyl groups is 1. The molecule has 4 atom stereocenters. The van der Waals surface area contributed by atoms with Crippen LogP contribution in [0.25, 0.3) is 5.65 Å². The first-order valence-electron chi connectivity index (χ1n) is 9.54. The van der Waals surface area contributed by atoms with Crippen molar-refractivity contribution in [2.45, 2.75) is 44.7 Å². The van der Waals surface area contributed by atoms with Gasteiger partial charge < -0.3 is 10.0 Å². The van der Waals surface area contributed by atoms with E-state index in [4.69, 9.17) is 0 Å². The second-order valence-electron chi connectivity index (χ2n) is 7.98. The maximum atomic E-state index is 10.1. The van der Waals surface area contributed by atoms with Gasteiger partial charge >= 0.3 is 0 Å². The van der Waals surface area contributed by atoms with Crippen molar-refractivity contribution in [3.05, 3.63) is 18.1 Å². The van der Waals surface area contributed by atoms with Crippen molar-refractivity contribution in [2.75, 3.05) is 31.1 Å². The van der Waals surface area contributed by atoms with Crippen LogP contribution in [0.3, 0.4) is 0 Å². The average Bonchev–Trinajstić information content (AvgIpc) is 3.09. The maximum absolute atomic E-state index is 10.1. The molecule has 0 radical (unpaired) electrons. The fourth-order valence-electron chi connectivity index (χ4n) is 5.52. The Bertz CT molecular complexity index is 762. The lowest BCUT2D eigenvalue weighted by Gasteiger charge is -2.56. The summed E-state index contributed by atoms with van der Waals surface area (Å²) in [6, 6.07) is 3.07. The SMILES string of the molecule is Cc1cc(N2C[C@H]3C[C@@H](C2)[C@H](CO)N2CCCC[C@@H]32)c2nncn2n1. The zero-order valence-corrected chi connectivity index (χ0v) is 14.8. The third-order valence-electron chi connectivity index (χ3n) is 6.52. The highest BCUT2D eigenvalue weighted by molar-refractivity contribution is 5.68. The summed E-state index contributed by atoms with van der Waals surface area (Å²) in [7, 11) is 0. The predicted octanol–water partition coefficient (Wildman–Crippen LogP) is 1.10. The summed E-state index contributed by atoms with van der Waals surface area (Å²) < 4.78 is 1.78. The van der Waals surface area contributed by atoms with Crippen LogP contribution < -0.4 is 4.90 Å². The van der Waals surface area contributed by atoms with E-state index in [9.17, 15) is 5.11 Å². The van der Waals surface area contributed by atoms with Crippen molar-refractivity contribution < 1.29 is 5.11 Å². The van der Waals surface area contributed by atoms with Gasteiger partial charge in [-0.25, -0.2) is 0 Å². The van der Waals surface area contributed by atoms with Gasteiger partial charge in [-0.1, -0.05) is 6.42 Å². The number of aliphatic hydroxyl groups excluding tert-OH is 1. The Labute approximate surface area is 147 Å². The van der Waals surface area contributed by atoms with E-state index in [0.29, 0.717) is 23.9 Å². The summed E-state index contributed by atoms with van der Waals surface area (Å²) >= 11 is 0. The van der Waals surface area contributed by atoms with E-state index >= 15 is 0 Å². The number of fused-ring (bicyclic) bond motifs is 5. The molecule has 0 spiro atoms. The number of aromatic nitrogens is 4. The molecule has 2 bridgehead atoms. The Balaban J connectivity index is 1.51. The third kappa shape index (κ3) is 2.44. The molecule has 2 aromatic rings. The first kappa shape index (κ1) is 15.5. The van der Waals surface area contributed by atoms with Gasteiger partial charge in [-0.05, 0) is 50.6 Å². The quantitative estimate of drug-likeness (QED) is 0.881. The maximum Gasteiger partial charge on any atom is 0.200 e. The largest absolute Gasteiger partial charge is 0.395 e. The topological polar surface area (TPSA) is 69.8 Å². The summed E-state index contributed by atoms with van der Waals surface area (Å²) in [5.41, 5.74) is 2.96. The van der Waals surface area contributed by atoms with Gasteiger partial charge in [0.15, 0.2) is 0 Å². The number of anilines is 1. The summed E-state index contributed by atoms with van der Waals surface area (Å²) in [5.74, 6) is 1.20. The molecule has 0 unspecified atom stereocenters. The monoisotopic (exact) mass is 342 g/mol. The van der Waals surface area contributed by atoms with Crippen LogP contribution in [-0.2, 0) is 0 Å². The molecule has 7 heteroatoms. The number of hydrogen-bond donors (Lipinski definition) is 1. The summed E-state index contributed by atoms with van der Waals surface area (Å²) in [4.78, 5) is 5.11. The molecule has 0 amide bonds. The molecule has 3 aliphatic heterocycles. The van der Waals surface area contributed by atoms with Crippen LogP contribution in [0.2, 0.25) is 0 Å². The van der Waals surface area contributed by atoms with Crippen molar-refractivity contribution in [1.82, 2.24) is 24.7 Å². The van der Waals surface area contributed by atoms with Crippen LogP contribution in [0.15, 0.2) is 12.4 Å². The van der Waals surface area contributed by atoms with E-state index in [1.807, 2.05) is 6.92 Å². The molecular formula is C18H26N6O. The molecule has 0 aliphatic carbocycles. The van der Waals surface area contributed by atoms with Gasteiger partial charge in [0.25, 0.3) is 0 Å². The standard InChI is InChI=1S/C18H26N6O/c1-12-6-16(18-20-19-11-24(18)21-12)22-8-13-7-14(9-22)17(10-25)23-5-3-2-4-15(13)23/h6,11,13-15,17,25H,2-5,7-10H2,1H3/t13-,14+,15+,17+/m1/s1. The Morgan fingerprint density at radius 1 is 1.24 bits per heavy atom. The Morgan fingerprint density at radius 3 is 3.00 bits per heavy atom. The van der Waals surface area contributed by atoms with E-state index < -0.39 is 0 Å². The predicted molar refractivity (Wildman–Crippen MR) is 94.5 cm³/mol. The number of hydrogen-bond acceptors (Lipinski definition) is 6. The van der Waals surface area contributed by atoms with Gasteiger partial charge in [0.1, 0.15) is 6.33 Å². The molecule has 0 saturated carbocycles. The molecule has 1 N–H and O–H groups in total. The van der Waals surface area contributed by atoms with E-state index in [0.717, 1.165) is 36.7 Å². The lowest BCUT2D eigenvalue weighted by atomic mass is 9.72. The third-order valence-corrected chi connectivity index (χ3v) is 6.52. The molecule has 2 aromatic heterocycles.